The Morgan fingerprint density at radius 1 is 0.692 bits per heavy atom. The minimum atomic E-state index is -1.25. The molecule has 1 fully saturated rings. The first-order valence-electron chi connectivity index (χ1n) is 8.76. The highest BCUT2D eigenvalue weighted by Crippen LogP contribution is 2.58. The van der Waals surface area contributed by atoms with Crippen LogP contribution >= 0.6 is 0 Å². The average molecular weight is 346 g/mol. The van der Waals surface area contributed by atoms with Crippen LogP contribution in [0.15, 0.2) is 48.5 Å². The fraction of sp³-hybridized carbons (Fsp3) is 0.286. The van der Waals surface area contributed by atoms with Gasteiger partial charge in [0.25, 0.3) is 0 Å². The van der Waals surface area contributed by atoms with Crippen molar-refractivity contribution >= 4 is 29.0 Å². The van der Waals surface area contributed by atoms with Crippen molar-refractivity contribution < 1.29 is 14.4 Å². The molecule has 5 rings (SSSR count). The van der Waals surface area contributed by atoms with Crippen LogP contribution in [0.4, 0.5) is 11.4 Å². The Balaban J connectivity index is 1.77. The lowest BCUT2D eigenvalue weighted by Crippen LogP contribution is -2.50. The van der Waals surface area contributed by atoms with Gasteiger partial charge < -0.3 is 9.80 Å². The average Bonchev–Trinajstić information content (AvgIpc) is 3.19. The summed E-state index contributed by atoms with van der Waals surface area (Å²) in [5.74, 6) is -0.714. The number of benzene rings is 2. The molecule has 3 aliphatic rings. The van der Waals surface area contributed by atoms with E-state index in [0.29, 0.717) is 12.8 Å². The molecular weight excluding hydrogens is 328 g/mol. The molecule has 1 aliphatic carbocycles. The van der Waals surface area contributed by atoms with Crippen LogP contribution < -0.4 is 9.80 Å². The Morgan fingerprint density at radius 2 is 1.08 bits per heavy atom. The van der Waals surface area contributed by atoms with Crippen molar-refractivity contribution in [2.45, 2.75) is 23.7 Å². The van der Waals surface area contributed by atoms with Crippen molar-refractivity contribution in [3.63, 3.8) is 0 Å². The number of rotatable bonds is 0. The topological polar surface area (TPSA) is 57.7 Å². The van der Waals surface area contributed by atoms with E-state index in [4.69, 9.17) is 0 Å². The molecule has 2 aromatic rings. The number of amides is 2. The highest BCUT2D eigenvalue weighted by Gasteiger charge is 2.70. The number of likely N-dealkylation sites (N-methyl/N-ethyl adjacent to an activating group) is 2. The standard InChI is InChI=1S/C21H18N2O3/c1-22-15-9-5-3-7-13(15)20(18(22)25)11-12-21(17(20)24)14-8-4-6-10-16(14)23(2)19(21)26/h3-10H,11-12H2,1-2H3/t20-,21-/m1/s1. The van der Waals surface area contributed by atoms with Gasteiger partial charge in [-0.25, -0.2) is 0 Å². The highest BCUT2D eigenvalue weighted by molar-refractivity contribution is 6.34. The van der Waals surface area contributed by atoms with Crippen LogP contribution in [-0.4, -0.2) is 31.7 Å². The summed E-state index contributed by atoms with van der Waals surface area (Å²) in [5, 5.41) is 0. The first-order chi connectivity index (χ1) is 12.5. The lowest BCUT2D eigenvalue weighted by Gasteiger charge is -2.25. The number of nitrogens with zero attached hydrogens (tertiary/aromatic N) is 2. The van der Waals surface area contributed by atoms with Gasteiger partial charge in [-0.2, -0.15) is 0 Å². The number of hydrogen-bond acceptors (Lipinski definition) is 3. The van der Waals surface area contributed by atoms with Gasteiger partial charge in [-0.05, 0) is 36.1 Å². The number of ketones is 1. The molecule has 2 aromatic carbocycles. The van der Waals surface area contributed by atoms with Crippen LogP contribution in [0.5, 0.6) is 0 Å². The maximum atomic E-state index is 13.9. The van der Waals surface area contributed by atoms with Crippen molar-refractivity contribution in [2.75, 3.05) is 23.9 Å². The first kappa shape index (κ1) is 15.3. The van der Waals surface area contributed by atoms with E-state index >= 15 is 0 Å². The van der Waals surface area contributed by atoms with E-state index in [1.165, 1.54) is 0 Å². The lowest BCUT2D eigenvalue weighted by molar-refractivity contribution is -0.137. The fourth-order valence-electron chi connectivity index (χ4n) is 5.16. The maximum Gasteiger partial charge on any atom is 0.245 e. The van der Waals surface area contributed by atoms with Crippen LogP contribution in [0.1, 0.15) is 24.0 Å². The van der Waals surface area contributed by atoms with Gasteiger partial charge >= 0.3 is 0 Å². The molecule has 0 radical (unpaired) electrons. The van der Waals surface area contributed by atoms with E-state index < -0.39 is 10.8 Å². The smallest absolute Gasteiger partial charge is 0.245 e. The number of carbonyl (C=O) groups excluding carboxylic acids is 3. The molecule has 0 saturated heterocycles. The van der Waals surface area contributed by atoms with Gasteiger partial charge in [0.05, 0.1) is 0 Å². The Hall–Kier alpha value is -2.95. The third-order valence-corrected chi connectivity index (χ3v) is 6.44. The van der Waals surface area contributed by atoms with Crippen molar-refractivity contribution in [2.24, 2.45) is 0 Å². The number of para-hydroxylation sites is 2. The zero-order valence-corrected chi connectivity index (χ0v) is 14.7. The SMILES string of the molecule is CN1C(=O)[C@]2(CC[C@]3(C(=O)N(C)c4ccccc43)C2=O)c2ccccc21. The van der Waals surface area contributed by atoms with Gasteiger partial charge in [0.1, 0.15) is 10.8 Å². The maximum absolute atomic E-state index is 13.9. The van der Waals surface area contributed by atoms with Gasteiger partial charge in [-0.15, -0.1) is 0 Å². The zero-order valence-electron chi connectivity index (χ0n) is 14.7. The van der Waals surface area contributed by atoms with Crippen LogP contribution in [0.25, 0.3) is 0 Å². The Bertz CT molecular complexity index is 934. The van der Waals surface area contributed by atoms with Crippen molar-refractivity contribution in [3.05, 3.63) is 59.7 Å². The predicted octanol–water partition coefficient (Wildman–Crippen LogP) is 2.18. The number of Topliss-reactive ketones (excluding diaryl/α,β-unsaturated/α-hetero) is 1. The molecule has 2 aliphatic heterocycles. The lowest BCUT2D eigenvalue weighted by atomic mass is 9.72. The van der Waals surface area contributed by atoms with Gasteiger partial charge in [0.15, 0.2) is 5.78 Å². The van der Waals surface area contributed by atoms with Crippen molar-refractivity contribution in [1.82, 2.24) is 0 Å². The number of carbonyl (C=O) groups is 3. The summed E-state index contributed by atoms with van der Waals surface area (Å²) in [4.78, 5) is 43.4. The largest absolute Gasteiger partial charge is 0.314 e. The quantitative estimate of drug-likeness (QED) is 0.687. The third kappa shape index (κ3) is 1.39. The zero-order chi connectivity index (χ0) is 18.3. The van der Waals surface area contributed by atoms with E-state index in [1.807, 2.05) is 48.5 Å². The van der Waals surface area contributed by atoms with E-state index in [-0.39, 0.29) is 17.6 Å². The summed E-state index contributed by atoms with van der Waals surface area (Å²) in [7, 11) is 3.40. The Kier molecular flexibility index (Phi) is 2.71. The van der Waals surface area contributed by atoms with Crippen LogP contribution in [0.2, 0.25) is 0 Å². The van der Waals surface area contributed by atoms with E-state index in [2.05, 4.69) is 0 Å². The first-order valence-corrected chi connectivity index (χ1v) is 8.76. The second-order valence-electron chi connectivity index (χ2n) is 7.40. The van der Waals surface area contributed by atoms with Gasteiger partial charge in [-0.1, -0.05) is 36.4 Å². The third-order valence-electron chi connectivity index (χ3n) is 6.44. The highest BCUT2D eigenvalue weighted by atomic mass is 16.2. The molecule has 0 unspecified atom stereocenters. The summed E-state index contributed by atoms with van der Waals surface area (Å²) in [6.45, 7) is 0. The molecule has 0 bridgehead atoms. The van der Waals surface area contributed by atoms with Crippen molar-refractivity contribution in [3.8, 4) is 0 Å². The predicted molar refractivity (Wildman–Crippen MR) is 97.3 cm³/mol. The summed E-state index contributed by atoms with van der Waals surface area (Å²) in [6.07, 6.45) is 0.722. The fourth-order valence-corrected chi connectivity index (χ4v) is 5.16. The molecule has 2 heterocycles. The molecule has 2 amide bonds. The second-order valence-corrected chi connectivity index (χ2v) is 7.40. The molecule has 1 saturated carbocycles. The summed E-state index contributed by atoms with van der Waals surface area (Å²) in [5.41, 5.74) is 0.479. The summed E-state index contributed by atoms with van der Waals surface area (Å²) in [6, 6.07) is 14.8. The van der Waals surface area contributed by atoms with Gasteiger partial charge in [-0.3, -0.25) is 14.4 Å². The number of hydrogen-bond donors (Lipinski definition) is 0. The minimum Gasteiger partial charge on any atom is -0.314 e. The molecular formula is C21H18N2O3. The van der Waals surface area contributed by atoms with Crippen LogP contribution in [-0.2, 0) is 25.2 Å². The summed E-state index contributed by atoms with van der Waals surface area (Å²) >= 11 is 0. The van der Waals surface area contributed by atoms with Crippen LogP contribution in [0, 0.1) is 0 Å². The van der Waals surface area contributed by atoms with E-state index in [0.717, 1.165) is 22.5 Å². The molecule has 0 N–H and O–H groups in total. The Labute approximate surface area is 151 Å². The second kappa shape index (κ2) is 4.61. The molecule has 5 nitrogen and oxygen atoms in total. The Morgan fingerprint density at radius 3 is 1.50 bits per heavy atom. The van der Waals surface area contributed by atoms with Gasteiger partial charge in [0.2, 0.25) is 11.8 Å². The molecule has 26 heavy (non-hydrogen) atoms. The minimum absolute atomic E-state index is 0.222. The van der Waals surface area contributed by atoms with Crippen molar-refractivity contribution in [1.29, 1.82) is 0 Å². The summed E-state index contributed by atoms with van der Waals surface area (Å²) < 4.78 is 0. The van der Waals surface area contributed by atoms with E-state index in [1.54, 1.807) is 23.9 Å². The van der Waals surface area contributed by atoms with E-state index in [9.17, 15) is 14.4 Å². The molecule has 0 aromatic heterocycles. The molecule has 5 heteroatoms. The molecule has 130 valence electrons. The monoisotopic (exact) mass is 346 g/mol. The van der Waals surface area contributed by atoms with Crippen LogP contribution in [0.3, 0.4) is 0 Å². The molecule has 2 spiro atoms. The normalized spacial score (nSPS) is 29.2. The molecule has 2 atom stereocenters. The number of anilines is 2. The van der Waals surface area contributed by atoms with Gasteiger partial charge in [0, 0.05) is 25.5 Å². The number of fused-ring (bicyclic) bond motifs is 4.